The van der Waals surface area contributed by atoms with Crippen molar-refractivity contribution in [3.63, 3.8) is 0 Å². The molecule has 7 heteroatoms. The first-order chi connectivity index (χ1) is 13.4. The second-order valence-corrected chi connectivity index (χ2v) is 7.91. The van der Waals surface area contributed by atoms with Gasteiger partial charge in [-0.25, -0.2) is 9.29 Å². The average Bonchev–Trinajstić information content (AvgIpc) is 2.96. The SMILES string of the molecule is CCCC(=O)N(Cc1ccc(F)cc1)C1CC(=O)N(c2ccc(I)cc2)C1=O. The van der Waals surface area contributed by atoms with Gasteiger partial charge in [-0.2, -0.15) is 0 Å². The molecule has 1 aliphatic heterocycles. The molecule has 3 amide bonds. The molecule has 0 spiro atoms. The number of amides is 3. The standard InChI is InChI=1S/C21H20FIN2O3/c1-2-3-19(26)24(13-14-4-6-15(22)7-5-14)18-12-20(27)25(21(18)28)17-10-8-16(23)9-11-17/h4-11,18H,2-3,12-13H2,1H3. The molecule has 0 bridgehead atoms. The molecule has 0 radical (unpaired) electrons. The van der Waals surface area contributed by atoms with Crippen molar-refractivity contribution in [1.29, 1.82) is 0 Å². The van der Waals surface area contributed by atoms with Crippen molar-refractivity contribution in [2.45, 2.75) is 38.8 Å². The Bertz CT molecular complexity index is 884. The smallest absolute Gasteiger partial charge is 0.257 e. The molecule has 5 nitrogen and oxygen atoms in total. The van der Waals surface area contributed by atoms with E-state index >= 15 is 0 Å². The highest BCUT2D eigenvalue weighted by Crippen LogP contribution is 2.28. The van der Waals surface area contributed by atoms with Crippen LogP contribution in [0.5, 0.6) is 0 Å². The second kappa shape index (κ2) is 8.81. The number of hydrogen-bond donors (Lipinski definition) is 0. The molecule has 1 aliphatic rings. The molecule has 0 aromatic heterocycles. The monoisotopic (exact) mass is 494 g/mol. The summed E-state index contributed by atoms with van der Waals surface area (Å²) in [5.41, 5.74) is 1.21. The maximum absolute atomic E-state index is 13.2. The van der Waals surface area contributed by atoms with E-state index in [0.717, 1.165) is 8.47 Å². The molecule has 2 aromatic rings. The van der Waals surface area contributed by atoms with Gasteiger partial charge in [0.1, 0.15) is 11.9 Å². The Morgan fingerprint density at radius 2 is 1.79 bits per heavy atom. The van der Waals surface area contributed by atoms with Gasteiger partial charge in [-0.3, -0.25) is 14.4 Å². The third kappa shape index (κ3) is 4.40. The summed E-state index contributed by atoms with van der Waals surface area (Å²) in [6, 6.07) is 12.0. The van der Waals surface area contributed by atoms with Crippen LogP contribution >= 0.6 is 22.6 Å². The van der Waals surface area contributed by atoms with Gasteiger partial charge in [-0.15, -0.1) is 0 Å². The number of anilines is 1. The van der Waals surface area contributed by atoms with Crippen LogP contribution in [0.2, 0.25) is 0 Å². The fourth-order valence-corrected chi connectivity index (χ4v) is 3.60. The lowest BCUT2D eigenvalue weighted by Crippen LogP contribution is -2.45. The van der Waals surface area contributed by atoms with E-state index in [-0.39, 0.29) is 37.0 Å². The summed E-state index contributed by atoms with van der Waals surface area (Å²) in [5.74, 6) is -1.29. The molecular formula is C21H20FIN2O3. The normalized spacial score (nSPS) is 16.5. The van der Waals surface area contributed by atoms with Crippen LogP contribution in [0.15, 0.2) is 48.5 Å². The first-order valence-electron chi connectivity index (χ1n) is 9.07. The molecule has 2 aromatic carbocycles. The third-order valence-electron chi connectivity index (χ3n) is 4.63. The van der Waals surface area contributed by atoms with Crippen LogP contribution in [0, 0.1) is 9.39 Å². The van der Waals surface area contributed by atoms with Gasteiger partial charge in [0.15, 0.2) is 0 Å². The van der Waals surface area contributed by atoms with E-state index in [4.69, 9.17) is 0 Å². The van der Waals surface area contributed by atoms with Crippen LogP contribution in [-0.4, -0.2) is 28.7 Å². The highest BCUT2D eigenvalue weighted by atomic mass is 127. The minimum Gasteiger partial charge on any atom is -0.326 e. The molecule has 3 rings (SSSR count). The zero-order valence-electron chi connectivity index (χ0n) is 15.4. The number of imide groups is 1. The zero-order chi connectivity index (χ0) is 20.3. The van der Waals surface area contributed by atoms with E-state index in [9.17, 15) is 18.8 Å². The van der Waals surface area contributed by atoms with E-state index in [1.807, 2.05) is 19.1 Å². The van der Waals surface area contributed by atoms with Crippen molar-refractivity contribution >= 4 is 46.0 Å². The molecule has 28 heavy (non-hydrogen) atoms. The summed E-state index contributed by atoms with van der Waals surface area (Å²) in [6.45, 7) is 2.04. The summed E-state index contributed by atoms with van der Waals surface area (Å²) >= 11 is 2.15. The zero-order valence-corrected chi connectivity index (χ0v) is 17.6. The Hall–Kier alpha value is -2.29. The summed E-state index contributed by atoms with van der Waals surface area (Å²) in [5, 5.41) is 0. The van der Waals surface area contributed by atoms with Crippen LogP contribution < -0.4 is 4.90 Å². The second-order valence-electron chi connectivity index (χ2n) is 6.66. The van der Waals surface area contributed by atoms with Gasteiger partial charge >= 0.3 is 0 Å². The Morgan fingerprint density at radius 3 is 2.39 bits per heavy atom. The number of carbonyl (C=O) groups excluding carboxylic acids is 3. The number of halogens is 2. The lowest BCUT2D eigenvalue weighted by Gasteiger charge is -2.28. The van der Waals surface area contributed by atoms with Crippen LogP contribution in [0.3, 0.4) is 0 Å². The van der Waals surface area contributed by atoms with E-state index in [0.29, 0.717) is 17.7 Å². The predicted molar refractivity (Wildman–Crippen MR) is 112 cm³/mol. The van der Waals surface area contributed by atoms with Crippen molar-refractivity contribution in [3.8, 4) is 0 Å². The Morgan fingerprint density at radius 1 is 1.14 bits per heavy atom. The van der Waals surface area contributed by atoms with Crippen LogP contribution in [-0.2, 0) is 20.9 Å². The van der Waals surface area contributed by atoms with Crippen LogP contribution in [0.25, 0.3) is 0 Å². The number of nitrogens with zero attached hydrogens (tertiary/aromatic N) is 2. The van der Waals surface area contributed by atoms with Crippen LogP contribution in [0.4, 0.5) is 10.1 Å². The summed E-state index contributed by atoms with van der Waals surface area (Å²) in [4.78, 5) is 40.9. The lowest BCUT2D eigenvalue weighted by atomic mass is 10.1. The van der Waals surface area contributed by atoms with Crippen molar-refractivity contribution < 1.29 is 18.8 Å². The minimum atomic E-state index is -0.851. The fraction of sp³-hybridized carbons (Fsp3) is 0.286. The third-order valence-corrected chi connectivity index (χ3v) is 5.35. The van der Waals surface area contributed by atoms with Gasteiger partial charge in [0.2, 0.25) is 11.8 Å². The molecule has 1 fully saturated rings. The number of hydrogen-bond acceptors (Lipinski definition) is 3. The fourth-order valence-electron chi connectivity index (χ4n) is 3.24. The van der Waals surface area contributed by atoms with Gasteiger partial charge < -0.3 is 4.90 Å². The van der Waals surface area contributed by atoms with E-state index < -0.39 is 11.9 Å². The maximum atomic E-state index is 13.2. The molecule has 0 aliphatic carbocycles. The molecule has 146 valence electrons. The van der Waals surface area contributed by atoms with E-state index in [1.165, 1.54) is 17.0 Å². The highest BCUT2D eigenvalue weighted by Gasteiger charge is 2.44. The van der Waals surface area contributed by atoms with Crippen molar-refractivity contribution in [1.82, 2.24) is 4.90 Å². The first kappa shape index (κ1) is 20.4. The van der Waals surface area contributed by atoms with Crippen molar-refractivity contribution in [2.75, 3.05) is 4.90 Å². The van der Waals surface area contributed by atoms with Gasteiger partial charge in [0, 0.05) is 16.5 Å². The summed E-state index contributed by atoms with van der Waals surface area (Å²) < 4.78 is 14.2. The van der Waals surface area contributed by atoms with E-state index in [1.54, 1.807) is 24.3 Å². The number of benzene rings is 2. The first-order valence-corrected chi connectivity index (χ1v) is 10.1. The Kier molecular flexibility index (Phi) is 6.43. The quantitative estimate of drug-likeness (QED) is 0.453. The minimum absolute atomic E-state index is 0.0541. The predicted octanol–water partition coefficient (Wildman–Crippen LogP) is 3.89. The molecule has 1 heterocycles. The highest BCUT2D eigenvalue weighted by molar-refractivity contribution is 14.1. The van der Waals surface area contributed by atoms with Gasteiger partial charge in [0.05, 0.1) is 12.1 Å². The summed E-state index contributed by atoms with van der Waals surface area (Å²) in [7, 11) is 0. The molecular weight excluding hydrogens is 474 g/mol. The van der Waals surface area contributed by atoms with Gasteiger partial charge in [0.25, 0.3) is 5.91 Å². The van der Waals surface area contributed by atoms with Crippen LogP contribution in [0.1, 0.15) is 31.7 Å². The molecule has 0 N–H and O–H groups in total. The lowest BCUT2D eigenvalue weighted by molar-refractivity contribution is -0.139. The largest absolute Gasteiger partial charge is 0.326 e. The summed E-state index contributed by atoms with van der Waals surface area (Å²) in [6.07, 6.45) is 0.860. The maximum Gasteiger partial charge on any atom is 0.257 e. The number of rotatable bonds is 6. The molecule has 1 saturated heterocycles. The molecule has 1 unspecified atom stereocenters. The Balaban J connectivity index is 1.88. The van der Waals surface area contributed by atoms with Gasteiger partial charge in [-0.1, -0.05) is 19.1 Å². The molecule has 1 atom stereocenters. The topological polar surface area (TPSA) is 57.7 Å². The van der Waals surface area contributed by atoms with Gasteiger partial charge in [-0.05, 0) is 71.0 Å². The van der Waals surface area contributed by atoms with Crippen molar-refractivity contribution in [3.05, 3.63) is 63.5 Å². The van der Waals surface area contributed by atoms with Crippen molar-refractivity contribution in [2.24, 2.45) is 0 Å². The average molecular weight is 494 g/mol. The number of carbonyl (C=O) groups is 3. The Labute approximate surface area is 176 Å². The van der Waals surface area contributed by atoms with E-state index in [2.05, 4.69) is 22.6 Å². The molecule has 0 saturated carbocycles.